The highest BCUT2D eigenvalue weighted by Gasteiger charge is 2.62. The van der Waals surface area contributed by atoms with Gasteiger partial charge in [-0.1, -0.05) is 30.3 Å². The zero-order valence-electron chi connectivity index (χ0n) is 14.1. The number of imide groups is 1. The maximum absolute atomic E-state index is 13.3. The summed E-state index contributed by atoms with van der Waals surface area (Å²) in [6.07, 6.45) is 0.977. The number of anilines is 1. The van der Waals surface area contributed by atoms with Crippen molar-refractivity contribution in [3.8, 4) is 0 Å². The topological polar surface area (TPSA) is 43.9 Å². The molecule has 5 nitrogen and oxygen atoms in total. The predicted octanol–water partition coefficient (Wildman–Crippen LogP) is 2.36. The van der Waals surface area contributed by atoms with Crippen LogP contribution in [0.2, 0.25) is 0 Å². The number of halogens is 1. The third kappa shape index (κ3) is 2.09. The quantitative estimate of drug-likeness (QED) is 0.779. The summed E-state index contributed by atoms with van der Waals surface area (Å²) < 4.78 is 13.3. The normalized spacial score (nSPS) is 28.7. The van der Waals surface area contributed by atoms with Gasteiger partial charge in [0.2, 0.25) is 5.91 Å². The van der Waals surface area contributed by atoms with Crippen molar-refractivity contribution in [2.45, 2.75) is 18.5 Å². The van der Waals surface area contributed by atoms with Gasteiger partial charge >= 0.3 is 0 Å². The van der Waals surface area contributed by atoms with Crippen LogP contribution >= 0.6 is 0 Å². The van der Waals surface area contributed by atoms with Crippen molar-refractivity contribution in [2.75, 3.05) is 18.0 Å². The molecular weight excluding hydrogens is 333 g/mol. The molecular formula is C20H18FN3O2. The van der Waals surface area contributed by atoms with E-state index in [1.165, 1.54) is 29.2 Å². The molecule has 3 fully saturated rings. The Morgan fingerprint density at radius 3 is 2.15 bits per heavy atom. The molecule has 0 saturated carbocycles. The fourth-order valence-electron chi connectivity index (χ4n) is 4.61. The lowest BCUT2D eigenvalue weighted by Gasteiger charge is -2.29. The first-order valence-corrected chi connectivity index (χ1v) is 8.88. The van der Waals surface area contributed by atoms with E-state index in [1.807, 2.05) is 30.3 Å². The van der Waals surface area contributed by atoms with E-state index in [9.17, 15) is 14.0 Å². The van der Waals surface area contributed by atoms with E-state index in [2.05, 4.69) is 10.0 Å². The number of rotatable bonds is 2. The SMILES string of the molecule is O=C1[C@@H]2[C@@H](c3ccccc3)N3CCCN3[C@H]2C(=O)N1c1ccc(F)cc1. The Hall–Kier alpha value is -2.57. The number of hydrogen-bond donors (Lipinski definition) is 0. The summed E-state index contributed by atoms with van der Waals surface area (Å²) in [6, 6.07) is 14.8. The number of nitrogens with zero attached hydrogens (tertiary/aromatic N) is 3. The molecule has 26 heavy (non-hydrogen) atoms. The van der Waals surface area contributed by atoms with Crippen molar-refractivity contribution in [1.29, 1.82) is 0 Å². The molecule has 5 rings (SSSR count). The Morgan fingerprint density at radius 2 is 1.46 bits per heavy atom. The Kier molecular flexibility index (Phi) is 3.45. The minimum atomic E-state index is -0.472. The van der Waals surface area contributed by atoms with Crippen LogP contribution in [0.15, 0.2) is 54.6 Å². The predicted molar refractivity (Wildman–Crippen MR) is 93.4 cm³/mol. The summed E-state index contributed by atoms with van der Waals surface area (Å²) in [4.78, 5) is 27.6. The zero-order chi connectivity index (χ0) is 17.8. The molecule has 0 bridgehead atoms. The number of benzene rings is 2. The van der Waals surface area contributed by atoms with E-state index >= 15 is 0 Å². The maximum Gasteiger partial charge on any atom is 0.253 e. The van der Waals surface area contributed by atoms with E-state index in [0.29, 0.717) is 5.69 Å². The van der Waals surface area contributed by atoms with Crippen molar-refractivity contribution >= 4 is 17.5 Å². The number of hydrazine groups is 1. The van der Waals surface area contributed by atoms with Gasteiger partial charge in [-0.05, 0) is 36.2 Å². The van der Waals surface area contributed by atoms with Crippen LogP contribution in [0, 0.1) is 11.7 Å². The molecule has 3 aliphatic heterocycles. The monoisotopic (exact) mass is 351 g/mol. The molecule has 3 saturated heterocycles. The first kappa shape index (κ1) is 15.7. The fraction of sp³-hybridized carbons (Fsp3) is 0.300. The molecule has 0 spiro atoms. The van der Waals surface area contributed by atoms with Crippen LogP contribution in [-0.4, -0.2) is 41.0 Å². The lowest BCUT2D eigenvalue weighted by molar-refractivity contribution is -0.126. The van der Waals surface area contributed by atoms with Crippen LogP contribution in [0.25, 0.3) is 0 Å². The Bertz CT molecular complexity index is 870. The first-order valence-electron chi connectivity index (χ1n) is 8.88. The number of amides is 2. The Labute approximate surface area is 150 Å². The average molecular weight is 351 g/mol. The van der Waals surface area contributed by atoms with Crippen molar-refractivity contribution in [1.82, 2.24) is 10.0 Å². The van der Waals surface area contributed by atoms with Gasteiger partial charge in [0, 0.05) is 13.1 Å². The summed E-state index contributed by atoms with van der Waals surface area (Å²) in [5, 5.41) is 4.24. The number of hydrogen-bond acceptors (Lipinski definition) is 4. The van der Waals surface area contributed by atoms with Crippen molar-refractivity contribution < 1.29 is 14.0 Å². The van der Waals surface area contributed by atoms with Gasteiger partial charge in [-0.15, -0.1) is 0 Å². The minimum Gasteiger partial charge on any atom is -0.274 e. The second kappa shape index (κ2) is 5.72. The summed E-state index contributed by atoms with van der Waals surface area (Å²) in [5.41, 5.74) is 1.49. The third-order valence-electron chi connectivity index (χ3n) is 5.63. The highest BCUT2D eigenvalue weighted by molar-refractivity contribution is 6.24. The van der Waals surface area contributed by atoms with E-state index in [4.69, 9.17) is 0 Å². The van der Waals surface area contributed by atoms with Gasteiger partial charge < -0.3 is 0 Å². The molecule has 6 heteroatoms. The molecule has 3 heterocycles. The minimum absolute atomic E-state index is 0.134. The molecule has 3 atom stereocenters. The van der Waals surface area contributed by atoms with Gasteiger partial charge in [0.05, 0.1) is 17.6 Å². The molecule has 0 aromatic heterocycles. The summed E-state index contributed by atoms with van der Waals surface area (Å²) in [5.74, 6) is -1.23. The lowest BCUT2D eigenvalue weighted by atomic mass is 9.90. The molecule has 2 aromatic rings. The van der Waals surface area contributed by atoms with Crippen molar-refractivity contribution in [2.24, 2.45) is 5.92 Å². The van der Waals surface area contributed by atoms with E-state index in [0.717, 1.165) is 25.1 Å². The van der Waals surface area contributed by atoms with Crippen molar-refractivity contribution in [3.63, 3.8) is 0 Å². The van der Waals surface area contributed by atoms with Crippen LogP contribution < -0.4 is 4.90 Å². The number of carbonyl (C=O) groups excluding carboxylic acids is 2. The van der Waals surface area contributed by atoms with Gasteiger partial charge in [-0.2, -0.15) is 0 Å². The highest BCUT2D eigenvalue weighted by Crippen LogP contribution is 2.48. The fourth-order valence-corrected chi connectivity index (χ4v) is 4.61. The standard InChI is InChI=1S/C20H18FN3O2/c21-14-7-9-15(10-8-14)24-19(25)16-17(13-5-2-1-3-6-13)22-11-4-12-23(22)18(16)20(24)26/h1-3,5-10,16-18H,4,11-12H2/t16-,17-,18-/m1/s1. The second-order valence-electron chi connectivity index (χ2n) is 6.99. The van der Waals surface area contributed by atoms with E-state index < -0.39 is 12.0 Å². The van der Waals surface area contributed by atoms with Gasteiger partial charge in [0.15, 0.2) is 0 Å². The first-order chi connectivity index (χ1) is 12.7. The zero-order valence-corrected chi connectivity index (χ0v) is 14.1. The molecule has 2 amide bonds. The van der Waals surface area contributed by atoms with Gasteiger partial charge in [-0.3, -0.25) is 9.59 Å². The summed E-state index contributed by atoms with van der Waals surface area (Å²) >= 11 is 0. The smallest absolute Gasteiger partial charge is 0.253 e. The molecule has 2 aromatic carbocycles. The molecule has 0 N–H and O–H groups in total. The number of carbonyl (C=O) groups is 2. The van der Waals surface area contributed by atoms with Crippen molar-refractivity contribution in [3.05, 3.63) is 66.0 Å². The summed E-state index contributed by atoms with van der Waals surface area (Å²) in [6.45, 7) is 1.63. The molecule has 0 unspecified atom stereocenters. The van der Waals surface area contributed by atoms with Gasteiger partial charge in [-0.25, -0.2) is 19.3 Å². The Balaban J connectivity index is 1.58. The van der Waals surface area contributed by atoms with Crippen LogP contribution in [0.3, 0.4) is 0 Å². The van der Waals surface area contributed by atoms with Crippen LogP contribution in [0.4, 0.5) is 10.1 Å². The highest BCUT2D eigenvalue weighted by atomic mass is 19.1. The Morgan fingerprint density at radius 1 is 0.808 bits per heavy atom. The van der Waals surface area contributed by atoms with Gasteiger partial charge in [0.1, 0.15) is 11.9 Å². The number of fused-ring (bicyclic) bond motifs is 3. The maximum atomic E-state index is 13.3. The van der Waals surface area contributed by atoms with E-state index in [1.54, 1.807) is 0 Å². The van der Waals surface area contributed by atoms with Gasteiger partial charge in [0.25, 0.3) is 5.91 Å². The molecule has 0 radical (unpaired) electrons. The van der Waals surface area contributed by atoms with Crippen LogP contribution in [0.5, 0.6) is 0 Å². The van der Waals surface area contributed by atoms with Crippen LogP contribution in [-0.2, 0) is 9.59 Å². The molecule has 0 aliphatic carbocycles. The lowest BCUT2D eigenvalue weighted by Crippen LogP contribution is -2.44. The summed E-state index contributed by atoms with van der Waals surface area (Å²) in [7, 11) is 0. The van der Waals surface area contributed by atoms with Crippen LogP contribution in [0.1, 0.15) is 18.0 Å². The largest absolute Gasteiger partial charge is 0.274 e. The van der Waals surface area contributed by atoms with E-state index in [-0.39, 0.29) is 23.7 Å². The third-order valence-corrected chi connectivity index (χ3v) is 5.63. The second-order valence-corrected chi connectivity index (χ2v) is 6.99. The molecule has 132 valence electrons. The molecule has 3 aliphatic rings. The average Bonchev–Trinajstić information content (AvgIpc) is 3.29.